The minimum absolute atomic E-state index is 0.534. The van der Waals surface area contributed by atoms with Crippen LogP contribution >= 0.6 is 0 Å². The molecule has 2 aromatic heterocycles. The molecule has 0 aliphatic rings. The predicted octanol–water partition coefficient (Wildman–Crippen LogP) is 12.3. The number of hydrogen-bond donors (Lipinski definition) is 0. The highest BCUT2D eigenvalue weighted by atomic mass is 15.0. The van der Waals surface area contributed by atoms with E-state index < -0.39 is 0 Å². The van der Waals surface area contributed by atoms with Crippen LogP contribution in [0.3, 0.4) is 0 Å². The summed E-state index contributed by atoms with van der Waals surface area (Å²) in [5, 5.41) is 4.53. The molecule has 0 aliphatic heterocycles. The first-order chi connectivity index (χ1) is 23.8. The molecule has 0 atom stereocenters. The molecular formula is C44H26N4. The lowest BCUT2D eigenvalue weighted by atomic mass is 9.93. The van der Waals surface area contributed by atoms with E-state index in [2.05, 4.69) is 140 Å². The van der Waals surface area contributed by atoms with E-state index in [0.29, 0.717) is 11.4 Å². The third-order valence-corrected chi connectivity index (χ3v) is 9.39. The molecule has 4 nitrogen and oxygen atoms in total. The van der Waals surface area contributed by atoms with Crippen LogP contribution in [0.2, 0.25) is 0 Å². The molecule has 0 amide bonds. The quantitative estimate of drug-likeness (QED) is 0.177. The number of benzene rings is 7. The molecule has 0 fully saturated rings. The Morgan fingerprint density at radius 1 is 0.375 bits per heavy atom. The highest BCUT2D eigenvalue weighted by Crippen LogP contribution is 2.45. The minimum atomic E-state index is 0.534. The van der Waals surface area contributed by atoms with E-state index in [9.17, 15) is 0 Å². The lowest BCUT2D eigenvalue weighted by Gasteiger charge is -2.19. The summed E-state index contributed by atoms with van der Waals surface area (Å²) in [6.07, 6.45) is 0. The van der Waals surface area contributed by atoms with Gasteiger partial charge in [0.05, 0.1) is 40.9 Å². The van der Waals surface area contributed by atoms with Crippen molar-refractivity contribution < 1.29 is 0 Å². The molecule has 0 unspecified atom stereocenters. The second-order valence-corrected chi connectivity index (χ2v) is 11.9. The van der Waals surface area contributed by atoms with E-state index in [1.54, 1.807) is 0 Å². The van der Waals surface area contributed by atoms with Crippen LogP contribution in [0.5, 0.6) is 0 Å². The van der Waals surface area contributed by atoms with Crippen LogP contribution < -0.4 is 0 Å². The van der Waals surface area contributed by atoms with E-state index in [0.717, 1.165) is 55.4 Å². The van der Waals surface area contributed by atoms with Crippen molar-refractivity contribution in [1.82, 2.24) is 9.13 Å². The standard InChI is InChI=1S/C44H26N4/c1-45-38-20-11-18-36(43(38)48-42-24-10-7-17-35(42)37-19-12-21-39(46-2)44(37)48)32-14-4-3-13-31(32)29-25-27-30(28-26-29)47-40-22-8-5-15-33(40)34-16-6-9-23-41(34)47/h3-28H. The topological polar surface area (TPSA) is 18.6 Å². The number of rotatable bonds is 4. The molecule has 0 saturated heterocycles. The molecule has 9 aromatic rings. The fraction of sp³-hybridized carbons (Fsp3) is 0. The van der Waals surface area contributed by atoms with E-state index in [1.807, 2.05) is 36.4 Å². The van der Waals surface area contributed by atoms with Crippen molar-refractivity contribution in [3.05, 3.63) is 181 Å². The summed E-state index contributed by atoms with van der Waals surface area (Å²) >= 11 is 0. The Morgan fingerprint density at radius 3 is 1.50 bits per heavy atom. The lowest BCUT2D eigenvalue weighted by molar-refractivity contribution is 1.18. The molecule has 222 valence electrons. The normalized spacial score (nSPS) is 11.3. The molecule has 0 aliphatic carbocycles. The van der Waals surface area contributed by atoms with Gasteiger partial charge in [-0.1, -0.05) is 127 Å². The van der Waals surface area contributed by atoms with Crippen LogP contribution in [-0.2, 0) is 0 Å². The van der Waals surface area contributed by atoms with Gasteiger partial charge in [-0.3, -0.25) is 0 Å². The van der Waals surface area contributed by atoms with Crippen molar-refractivity contribution in [3.63, 3.8) is 0 Å². The summed E-state index contributed by atoms with van der Waals surface area (Å²) in [5.41, 5.74) is 11.2. The average molecular weight is 611 g/mol. The zero-order valence-electron chi connectivity index (χ0n) is 25.8. The number of nitrogens with zero attached hydrogens (tertiary/aromatic N) is 4. The number of hydrogen-bond acceptors (Lipinski definition) is 0. The van der Waals surface area contributed by atoms with Crippen LogP contribution in [0.1, 0.15) is 0 Å². The van der Waals surface area contributed by atoms with Gasteiger partial charge in [0.1, 0.15) is 0 Å². The van der Waals surface area contributed by atoms with Crippen molar-refractivity contribution in [2.75, 3.05) is 0 Å². The Kier molecular flexibility index (Phi) is 6.22. The van der Waals surface area contributed by atoms with Gasteiger partial charge in [0.15, 0.2) is 0 Å². The second kappa shape index (κ2) is 10.9. The largest absolute Gasteiger partial charge is 0.328 e. The molecule has 7 aromatic carbocycles. The Balaban J connectivity index is 1.26. The third kappa shape index (κ3) is 4.01. The molecule has 2 heterocycles. The summed E-state index contributed by atoms with van der Waals surface area (Å²) < 4.78 is 4.46. The minimum Gasteiger partial charge on any atom is -0.328 e. The van der Waals surface area contributed by atoms with Gasteiger partial charge in [-0.25, -0.2) is 9.69 Å². The molecule has 0 N–H and O–H groups in total. The maximum absolute atomic E-state index is 8.23. The third-order valence-electron chi connectivity index (χ3n) is 9.39. The highest BCUT2D eigenvalue weighted by molar-refractivity contribution is 6.14. The maximum atomic E-state index is 8.23. The maximum Gasteiger partial charge on any atom is 0.211 e. The van der Waals surface area contributed by atoms with Gasteiger partial charge in [-0.2, -0.15) is 0 Å². The summed E-state index contributed by atoms with van der Waals surface area (Å²) in [4.78, 5) is 7.94. The first-order valence-corrected chi connectivity index (χ1v) is 15.9. The highest BCUT2D eigenvalue weighted by Gasteiger charge is 2.22. The van der Waals surface area contributed by atoms with Gasteiger partial charge < -0.3 is 9.13 Å². The van der Waals surface area contributed by atoms with Gasteiger partial charge >= 0.3 is 0 Å². The molecule has 0 radical (unpaired) electrons. The Labute approximate surface area is 277 Å². The molecule has 9 rings (SSSR count). The van der Waals surface area contributed by atoms with Crippen molar-refractivity contribution in [3.8, 4) is 33.6 Å². The fourth-order valence-electron chi connectivity index (χ4n) is 7.36. The summed E-state index contributed by atoms with van der Waals surface area (Å²) in [5.74, 6) is 0. The Morgan fingerprint density at radius 2 is 0.854 bits per heavy atom. The Bertz CT molecular complexity index is 2750. The molecule has 0 bridgehead atoms. The number of aromatic nitrogens is 2. The average Bonchev–Trinajstić information content (AvgIpc) is 3.68. The van der Waals surface area contributed by atoms with Crippen molar-refractivity contribution >= 4 is 55.0 Å². The van der Waals surface area contributed by atoms with Gasteiger partial charge in [-0.15, -0.1) is 0 Å². The lowest BCUT2D eigenvalue weighted by Crippen LogP contribution is -1.99. The van der Waals surface area contributed by atoms with Crippen molar-refractivity contribution in [1.29, 1.82) is 0 Å². The van der Waals surface area contributed by atoms with Crippen molar-refractivity contribution in [2.24, 2.45) is 0 Å². The van der Waals surface area contributed by atoms with Gasteiger partial charge in [-0.05, 0) is 58.0 Å². The molecule has 4 heteroatoms. The monoisotopic (exact) mass is 610 g/mol. The van der Waals surface area contributed by atoms with Crippen LogP contribution in [0.15, 0.2) is 158 Å². The summed E-state index contributed by atoms with van der Waals surface area (Å²) in [6, 6.07) is 54.3. The van der Waals surface area contributed by atoms with Gasteiger partial charge in [0.25, 0.3) is 0 Å². The van der Waals surface area contributed by atoms with E-state index in [1.165, 1.54) is 21.8 Å². The first kappa shape index (κ1) is 27.4. The van der Waals surface area contributed by atoms with Crippen molar-refractivity contribution in [2.45, 2.75) is 0 Å². The zero-order valence-corrected chi connectivity index (χ0v) is 25.8. The van der Waals surface area contributed by atoms with Crippen LogP contribution in [0.4, 0.5) is 11.4 Å². The summed E-state index contributed by atoms with van der Waals surface area (Å²) in [7, 11) is 0. The molecule has 0 saturated carbocycles. The SMILES string of the molecule is [C-]#[N+]c1cccc(-c2ccccc2-c2ccc(-n3c4ccccc4c4ccccc43)cc2)c1-n1c2ccccc2c2cccc([N+]#[C-])c21. The van der Waals surface area contributed by atoms with Crippen LogP contribution in [0.25, 0.3) is 86.9 Å². The summed E-state index contributed by atoms with van der Waals surface area (Å²) in [6.45, 7) is 16.3. The van der Waals surface area contributed by atoms with E-state index in [4.69, 9.17) is 13.1 Å². The first-order valence-electron chi connectivity index (χ1n) is 15.9. The van der Waals surface area contributed by atoms with Crippen LogP contribution in [-0.4, -0.2) is 9.13 Å². The molecule has 48 heavy (non-hydrogen) atoms. The zero-order chi connectivity index (χ0) is 32.2. The van der Waals surface area contributed by atoms with E-state index >= 15 is 0 Å². The predicted molar refractivity (Wildman–Crippen MR) is 199 cm³/mol. The second-order valence-electron chi connectivity index (χ2n) is 11.9. The van der Waals surface area contributed by atoms with Gasteiger partial charge in [0.2, 0.25) is 11.4 Å². The van der Waals surface area contributed by atoms with E-state index in [-0.39, 0.29) is 0 Å². The Hall–Kier alpha value is -6.88. The molecular weight excluding hydrogens is 585 g/mol. The smallest absolute Gasteiger partial charge is 0.211 e. The molecule has 0 spiro atoms. The fourth-order valence-corrected chi connectivity index (χ4v) is 7.36. The number of para-hydroxylation sites is 5. The van der Waals surface area contributed by atoms with Gasteiger partial charge in [0, 0.05) is 21.8 Å². The van der Waals surface area contributed by atoms with Crippen LogP contribution in [0, 0.1) is 13.1 Å². The number of fused-ring (bicyclic) bond motifs is 6.